The van der Waals surface area contributed by atoms with E-state index in [-0.39, 0.29) is 0 Å². The van der Waals surface area contributed by atoms with Crippen LogP contribution in [0.3, 0.4) is 0 Å². The number of carbonyl (C=O) groups is 1. The van der Waals surface area contributed by atoms with Gasteiger partial charge in [0.05, 0.1) is 10.7 Å². The van der Waals surface area contributed by atoms with Gasteiger partial charge in [0.25, 0.3) is 0 Å². The maximum atomic E-state index is 11.3. The van der Waals surface area contributed by atoms with Gasteiger partial charge in [-0.15, -0.1) is 11.3 Å². The van der Waals surface area contributed by atoms with E-state index in [4.69, 9.17) is 0 Å². The number of thiazole rings is 1. The van der Waals surface area contributed by atoms with Crippen LogP contribution < -0.4 is 0 Å². The second-order valence-corrected chi connectivity index (χ2v) is 7.10. The summed E-state index contributed by atoms with van der Waals surface area (Å²) in [5.41, 5.74) is 2.61. The maximum absolute atomic E-state index is 11.3. The zero-order valence-electron chi connectivity index (χ0n) is 12.3. The third-order valence-corrected chi connectivity index (χ3v) is 5.40. The lowest BCUT2D eigenvalue weighted by molar-refractivity contribution is -0.142. The average molecular weight is 301 g/mol. The Morgan fingerprint density at radius 2 is 2.05 bits per heavy atom. The molecule has 0 aliphatic heterocycles. The molecule has 21 heavy (non-hydrogen) atoms. The van der Waals surface area contributed by atoms with Crippen LogP contribution in [0.5, 0.6) is 0 Å². The molecule has 0 saturated carbocycles. The monoisotopic (exact) mass is 301 g/mol. The molecule has 1 atom stereocenters. The number of carboxylic acid groups (broad SMARTS) is 1. The zero-order valence-corrected chi connectivity index (χ0v) is 13.1. The van der Waals surface area contributed by atoms with E-state index in [1.54, 1.807) is 25.2 Å². The van der Waals surface area contributed by atoms with E-state index in [0.29, 0.717) is 11.6 Å². The molecule has 1 N–H and O–H groups in total. The van der Waals surface area contributed by atoms with E-state index in [2.05, 4.69) is 29.2 Å². The van der Waals surface area contributed by atoms with Crippen molar-refractivity contribution in [3.8, 4) is 0 Å². The van der Waals surface area contributed by atoms with Gasteiger partial charge in [0.2, 0.25) is 0 Å². The van der Waals surface area contributed by atoms with Crippen molar-refractivity contribution in [2.75, 3.05) is 0 Å². The molecule has 1 aromatic heterocycles. The molecule has 0 radical (unpaired) electrons. The van der Waals surface area contributed by atoms with Crippen molar-refractivity contribution in [2.45, 2.75) is 44.4 Å². The highest BCUT2D eigenvalue weighted by atomic mass is 32.1. The SMILES string of the molecule is CC(C)(C(=O)O)c1csc(C2CCc3ccccc3C2)n1. The number of rotatable bonds is 3. The molecule has 3 nitrogen and oxygen atoms in total. The summed E-state index contributed by atoms with van der Waals surface area (Å²) < 4.78 is 0. The Balaban J connectivity index is 1.84. The molecule has 2 aromatic rings. The highest BCUT2D eigenvalue weighted by molar-refractivity contribution is 7.09. The largest absolute Gasteiger partial charge is 0.481 e. The van der Waals surface area contributed by atoms with Crippen LogP contribution in [0.25, 0.3) is 0 Å². The number of aliphatic carboxylic acids is 1. The lowest BCUT2D eigenvalue weighted by Gasteiger charge is -2.23. The molecule has 1 unspecified atom stereocenters. The molecule has 0 spiro atoms. The van der Waals surface area contributed by atoms with E-state index >= 15 is 0 Å². The lowest BCUT2D eigenvalue weighted by Crippen LogP contribution is -2.29. The third kappa shape index (κ3) is 2.60. The summed E-state index contributed by atoms with van der Waals surface area (Å²) in [5, 5.41) is 12.3. The van der Waals surface area contributed by atoms with Crippen LogP contribution in [0, 0.1) is 0 Å². The van der Waals surface area contributed by atoms with Gasteiger partial charge in [0, 0.05) is 11.3 Å². The number of carboxylic acids is 1. The van der Waals surface area contributed by atoms with Crippen LogP contribution in [0.15, 0.2) is 29.6 Å². The number of benzene rings is 1. The normalized spacial score (nSPS) is 18.3. The summed E-state index contributed by atoms with van der Waals surface area (Å²) in [6.07, 6.45) is 3.19. The number of hydrogen-bond donors (Lipinski definition) is 1. The van der Waals surface area contributed by atoms with Crippen molar-refractivity contribution in [3.63, 3.8) is 0 Å². The number of aromatic nitrogens is 1. The minimum atomic E-state index is -0.915. The Labute approximate surface area is 128 Å². The fourth-order valence-corrected chi connectivity index (χ4v) is 3.90. The van der Waals surface area contributed by atoms with Gasteiger partial charge in [-0.2, -0.15) is 0 Å². The Morgan fingerprint density at radius 3 is 2.76 bits per heavy atom. The Morgan fingerprint density at radius 1 is 1.33 bits per heavy atom. The molecular weight excluding hydrogens is 282 g/mol. The van der Waals surface area contributed by atoms with Crippen molar-refractivity contribution in [1.82, 2.24) is 4.98 Å². The molecule has 0 fully saturated rings. The van der Waals surface area contributed by atoms with Gasteiger partial charge in [-0.1, -0.05) is 24.3 Å². The first-order valence-corrected chi connectivity index (χ1v) is 8.12. The van der Waals surface area contributed by atoms with Crippen molar-refractivity contribution < 1.29 is 9.90 Å². The van der Waals surface area contributed by atoms with E-state index in [0.717, 1.165) is 24.3 Å². The smallest absolute Gasteiger partial charge is 0.315 e. The summed E-state index contributed by atoms with van der Waals surface area (Å²) in [5.74, 6) is -0.406. The van der Waals surface area contributed by atoms with Gasteiger partial charge >= 0.3 is 5.97 Å². The van der Waals surface area contributed by atoms with Crippen LogP contribution in [-0.2, 0) is 23.1 Å². The number of aryl methyl sites for hydroxylation is 1. The Bertz CT molecular complexity index is 675. The van der Waals surface area contributed by atoms with Crippen molar-refractivity contribution in [3.05, 3.63) is 51.5 Å². The van der Waals surface area contributed by atoms with Crippen LogP contribution in [0.4, 0.5) is 0 Å². The van der Waals surface area contributed by atoms with E-state index in [1.807, 2.05) is 5.38 Å². The molecule has 0 amide bonds. The Hall–Kier alpha value is -1.68. The fourth-order valence-electron chi connectivity index (χ4n) is 2.78. The summed E-state index contributed by atoms with van der Waals surface area (Å²) >= 11 is 1.60. The summed E-state index contributed by atoms with van der Waals surface area (Å²) in [6, 6.07) is 8.57. The highest BCUT2D eigenvalue weighted by Gasteiger charge is 2.33. The van der Waals surface area contributed by atoms with Gasteiger partial charge in [0.15, 0.2) is 0 Å². The van der Waals surface area contributed by atoms with Crippen molar-refractivity contribution in [1.29, 1.82) is 0 Å². The molecule has 1 aliphatic rings. The van der Waals surface area contributed by atoms with Crippen LogP contribution in [0.1, 0.15) is 48.0 Å². The summed E-state index contributed by atoms with van der Waals surface area (Å²) in [4.78, 5) is 16.0. The first-order chi connectivity index (χ1) is 9.98. The number of nitrogens with zero attached hydrogens (tertiary/aromatic N) is 1. The number of hydrogen-bond acceptors (Lipinski definition) is 3. The molecule has 110 valence electrons. The quantitative estimate of drug-likeness (QED) is 0.938. The third-order valence-electron chi connectivity index (χ3n) is 4.39. The fraction of sp³-hybridized carbons (Fsp3) is 0.412. The molecule has 0 bridgehead atoms. The molecule has 0 saturated heterocycles. The second-order valence-electron chi connectivity index (χ2n) is 6.21. The van der Waals surface area contributed by atoms with Crippen molar-refractivity contribution >= 4 is 17.3 Å². The van der Waals surface area contributed by atoms with Gasteiger partial charge in [-0.25, -0.2) is 4.98 Å². The van der Waals surface area contributed by atoms with Crippen LogP contribution in [0.2, 0.25) is 0 Å². The average Bonchev–Trinajstić information content (AvgIpc) is 2.97. The molecule has 1 aliphatic carbocycles. The van der Waals surface area contributed by atoms with E-state index in [1.165, 1.54) is 11.1 Å². The van der Waals surface area contributed by atoms with Gasteiger partial charge in [-0.05, 0) is 44.2 Å². The minimum Gasteiger partial charge on any atom is -0.481 e. The number of fused-ring (bicyclic) bond motifs is 1. The first-order valence-electron chi connectivity index (χ1n) is 7.24. The predicted molar refractivity (Wildman–Crippen MR) is 84.0 cm³/mol. The summed E-state index contributed by atoms with van der Waals surface area (Å²) in [7, 11) is 0. The molecule has 4 heteroatoms. The standard InChI is InChI=1S/C17H19NO2S/c1-17(2,16(19)20)14-10-21-15(18-14)13-8-7-11-5-3-4-6-12(11)9-13/h3-6,10,13H,7-9H2,1-2H3,(H,19,20). The maximum Gasteiger partial charge on any atom is 0.315 e. The molecule has 1 aromatic carbocycles. The van der Waals surface area contributed by atoms with Crippen LogP contribution >= 0.6 is 11.3 Å². The van der Waals surface area contributed by atoms with Gasteiger partial charge in [0.1, 0.15) is 5.41 Å². The molecular formula is C17H19NO2S. The second kappa shape index (κ2) is 5.26. The first kappa shape index (κ1) is 14.3. The van der Waals surface area contributed by atoms with E-state index in [9.17, 15) is 9.90 Å². The van der Waals surface area contributed by atoms with Gasteiger partial charge < -0.3 is 5.11 Å². The predicted octanol–water partition coefficient (Wildman–Crippen LogP) is 3.78. The van der Waals surface area contributed by atoms with Crippen molar-refractivity contribution in [2.24, 2.45) is 0 Å². The highest BCUT2D eigenvalue weighted by Crippen LogP contribution is 2.36. The zero-order chi connectivity index (χ0) is 15.0. The van der Waals surface area contributed by atoms with Gasteiger partial charge in [-0.3, -0.25) is 4.79 Å². The minimum absolute atomic E-state index is 0.420. The molecule has 3 rings (SSSR count). The van der Waals surface area contributed by atoms with Crippen LogP contribution in [-0.4, -0.2) is 16.1 Å². The van der Waals surface area contributed by atoms with E-state index < -0.39 is 11.4 Å². The Kier molecular flexibility index (Phi) is 3.57. The summed E-state index contributed by atoms with van der Waals surface area (Å²) in [6.45, 7) is 3.43. The molecule has 1 heterocycles. The topological polar surface area (TPSA) is 50.2 Å². The lowest BCUT2D eigenvalue weighted by atomic mass is 9.84.